The van der Waals surface area contributed by atoms with Gasteiger partial charge in [0.1, 0.15) is 11.5 Å². The van der Waals surface area contributed by atoms with E-state index in [-0.39, 0.29) is 0 Å². The van der Waals surface area contributed by atoms with E-state index in [2.05, 4.69) is 39.8 Å². The molecule has 0 spiro atoms. The monoisotopic (exact) mass is 255 g/mol. The van der Waals surface area contributed by atoms with Crippen LogP contribution in [0.5, 0.6) is 11.5 Å². The molecule has 0 bridgehead atoms. The van der Waals surface area contributed by atoms with Gasteiger partial charge in [-0.1, -0.05) is 32.0 Å². The SMILES string of the molecule is Cc1cc(C(C)C)cc(C)c1Oc1cccc(N)c1. The Hall–Kier alpha value is -1.96. The third kappa shape index (κ3) is 3.08. The molecule has 0 unspecified atom stereocenters. The van der Waals surface area contributed by atoms with Gasteiger partial charge in [-0.05, 0) is 48.6 Å². The number of aryl methyl sites for hydroxylation is 2. The van der Waals surface area contributed by atoms with E-state index in [1.54, 1.807) is 0 Å². The first-order valence-corrected chi connectivity index (χ1v) is 6.62. The van der Waals surface area contributed by atoms with E-state index in [4.69, 9.17) is 10.5 Å². The smallest absolute Gasteiger partial charge is 0.133 e. The minimum atomic E-state index is 0.527. The summed E-state index contributed by atoms with van der Waals surface area (Å²) in [6.45, 7) is 8.57. The molecule has 2 nitrogen and oxygen atoms in total. The summed E-state index contributed by atoms with van der Waals surface area (Å²) in [6.07, 6.45) is 0. The Kier molecular flexibility index (Phi) is 3.79. The third-order valence-corrected chi connectivity index (χ3v) is 3.23. The van der Waals surface area contributed by atoms with Crippen molar-refractivity contribution in [3.63, 3.8) is 0 Å². The topological polar surface area (TPSA) is 35.2 Å². The summed E-state index contributed by atoms with van der Waals surface area (Å²) in [4.78, 5) is 0. The standard InChI is InChI=1S/C17H21NO/c1-11(2)14-8-12(3)17(13(4)9-14)19-16-7-5-6-15(18)10-16/h5-11H,18H2,1-4H3. The first kappa shape index (κ1) is 13.5. The van der Waals surface area contributed by atoms with Gasteiger partial charge in [0.05, 0.1) is 0 Å². The highest BCUT2D eigenvalue weighted by molar-refractivity contribution is 5.49. The Balaban J connectivity index is 2.35. The summed E-state index contributed by atoms with van der Waals surface area (Å²) in [7, 11) is 0. The zero-order valence-corrected chi connectivity index (χ0v) is 12.0. The van der Waals surface area contributed by atoms with Gasteiger partial charge in [0.15, 0.2) is 0 Å². The lowest BCUT2D eigenvalue weighted by Crippen LogP contribution is -1.96. The lowest BCUT2D eigenvalue weighted by atomic mass is 9.98. The highest BCUT2D eigenvalue weighted by Gasteiger charge is 2.09. The average molecular weight is 255 g/mol. The molecule has 0 aliphatic rings. The van der Waals surface area contributed by atoms with E-state index in [9.17, 15) is 0 Å². The van der Waals surface area contributed by atoms with Crippen LogP contribution in [0.4, 0.5) is 5.69 Å². The number of rotatable bonds is 3. The molecule has 0 aromatic heterocycles. The Morgan fingerprint density at radius 1 is 1.00 bits per heavy atom. The maximum absolute atomic E-state index is 5.98. The largest absolute Gasteiger partial charge is 0.457 e. The van der Waals surface area contributed by atoms with E-state index in [0.29, 0.717) is 11.6 Å². The molecule has 2 aromatic rings. The van der Waals surface area contributed by atoms with Crippen molar-refractivity contribution in [1.29, 1.82) is 0 Å². The molecule has 100 valence electrons. The number of nitrogen functional groups attached to an aromatic ring is 1. The number of benzene rings is 2. The van der Waals surface area contributed by atoms with Crippen molar-refractivity contribution in [2.45, 2.75) is 33.6 Å². The maximum atomic E-state index is 5.98. The molecular formula is C17H21NO. The molecule has 0 heterocycles. The Morgan fingerprint density at radius 2 is 1.63 bits per heavy atom. The molecule has 2 N–H and O–H groups in total. The van der Waals surface area contributed by atoms with Crippen LogP contribution in [-0.2, 0) is 0 Å². The third-order valence-electron chi connectivity index (χ3n) is 3.23. The first-order valence-electron chi connectivity index (χ1n) is 6.62. The molecule has 0 radical (unpaired) electrons. The normalized spacial score (nSPS) is 10.8. The fraction of sp³-hybridized carbons (Fsp3) is 0.294. The van der Waals surface area contributed by atoms with Gasteiger partial charge >= 0.3 is 0 Å². The van der Waals surface area contributed by atoms with Crippen molar-refractivity contribution >= 4 is 5.69 Å². The minimum absolute atomic E-state index is 0.527. The summed E-state index contributed by atoms with van der Waals surface area (Å²) in [6, 6.07) is 11.9. The summed E-state index contributed by atoms with van der Waals surface area (Å²) >= 11 is 0. The summed E-state index contributed by atoms with van der Waals surface area (Å²) in [5.41, 5.74) is 10.1. The van der Waals surface area contributed by atoms with E-state index in [1.165, 1.54) is 5.56 Å². The van der Waals surface area contributed by atoms with Gasteiger partial charge in [-0.15, -0.1) is 0 Å². The van der Waals surface area contributed by atoms with Crippen molar-refractivity contribution in [2.24, 2.45) is 0 Å². The molecule has 2 aromatic carbocycles. The summed E-state index contributed by atoms with van der Waals surface area (Å²) < 4.78 is 5.98. The molecule has 2 rings (SSSR count). The van der Waals surface area contributed by atoms with E-state index < -0.39 is 0 Å². The maximum Gasteiger partial charge on any atom is 0.133 e. The van der Waals surface area contributed by atoms with Crippen LogP contribution in [-0.4, -0.2) is 0 Å². The van der Waals surface area contributed by atoms with E-state index >= 15 is 0 Å². The van der Waals surface area contributed by atoms with Gasteiger partial charge in [0, 0.05) is 11.8 Å². The Labute approximate surface area is 115 Å². The number of nitrogens with two attached hydrogens (primary N) is 1. The van der Waals surface area contributed by atoms with Crippen LogP contribution in [0.1, 0.15) is 36.5 Å². The molecule has 2 heteroatoms. The molecule has 0 saturated carbocycles. The Morgan fingerprint density at radius 3 is 2.16 bits per heavy atom. The zero-order valence-electron chi connectivity index (χ0n) is 12.0. The number of hydrogen-bond acceptors (Lipinski definition) is 2. The van der Waals surface area contributed by atoms with Crippen LogP contribution in [0.2, 0.25) is 0 Å². The van der Waals surface area contributed by atoms with Crippen LogP contribution >= 0.6 is 0 Å². The second-order valence-corrected chi connectivity index (χ2v) is 5.31. The zero-order chi connectivity index (χ0) is 14.0. The van der Waals surface area contributed by atoms with Gasteiger partial charge in [0.25, 0.3) is 0 Å². The van der Waals surface area contributed by atoms with Crippen molar-refractivity contribution < 1.29 is 4.74 Å². The van der Waals surface area contributed by atoms with Gasteiger partial charge < -0.3 is 10.5 Å². The van der Waals surface area contributed by atoms with Crippen LogP contribution in [0.3, 0.4) is 0 Å². The van der Waals surface area contributed by atoms with Crippen molar-refractivity contribution in [3.8, 4) is 11.5 Å². The molecule has 0 atom stereocenters. The fourth-order valence-corrected chi connectivity index (χ4v) is 2.17. The van der Waals surface area contributed by atoms with Gasteiger partial charge in [-0.25, -0.2) is 0 Å². The average Bonchev–Trinajstić information content (AvgIpc) is 2.33. The molecule has 0 aliphatic carbocycles. The van der Waals surface area contributed by atoms with Crippen LogP contribution in [0.25, 0.3) is 0 Å². The lowest BCUT2D eigenvalue weighted by Gasteiger charge is -2.15. The predicted octanol–water partition coefficient (Wildman–Crippen LogP) is 4.80. The lowest BCUT2D eigenvalue weighted by molar-refractivity contribution is 0.475. The first-order chi connectivity index (χ1) is 8.97. The van der Waals surface area contributed by atoms with Crippen molar-refractivity contribution in [2.75, 3.05) is 5.73 Å². The summed E-state index contributed by atoms with van der Waals surface area (Å²) in [5.74, 6) is 2.23. The van der Waals surface area contributed by atoms with Gasteiger partial charge in [-0.2, -0.15) is 0 Å². The minimum Gasteiger partial charge on any atom is -0.457 e. The van der Waals surface area contributed by atoms with E-state index in [1.807, 2.05) is 24.3 Å². The van der Waals surface area contributed by atoms with Crippen LogP contribution in [0.15, 0.2) is 36.4 Å². The number of anilines is 1. The highest BCUT2D eigenvalue weighted by atomic mass is 16.5. The van der Waals surface area contributed by atoms with Crippen molar-refractivity contribution in [1.82, 2.24) is 0 Å². The number of hydrogen-bond donors (Lipinski definition) is 1. The number of ether oxygens (including phenoxy) is 1. The van der Waals surface area contributed by atoms with Crippen LogP contribution in [0, 0.1) is 13.8 Å². The summed E-state index contributed by atoms with van der Waals surface area (Å²) in [5, 5.41) is 0. The second-order valence-electron chi connectivity index (χ2n) is 5.31. The molecule has 0 fully saturated rings. The Bertz CT molecular complexity index is 565. The van der Waals surface area contributed by atoms with Crippen LogP contribution < -0.4 is 10.5 Å². The molecule has 0 amide bonds. The molecule has 0 saturated heterocycles. The van der Waals surface area contributed by atoms with Gasteiger partial charge in [-0.3, -0.25) is 0 Å². The second kappa shape index (κ2) is 5.35. The van der Waals surface area contributed by atoms with Gasteiger partial charge in [0.2, 0.25) is 0 Å². The highest BCUT2D eigenvalue weighted by Crippen LogP contribution is 2.32. The fourth-order valence-electron chi connectivity index (χ4n) is 2.17. The predicted molar refractivity (Wildman–Crippen MR) is 80.9 cm³/mol. The molecule has 0 aliphatic heterocycles. The molecule has 19 heavy (non-hydrogen) atoms. The van der Waals surface area contributed by atoms with Crippen molar-refractivity contribution in [3.05, 3.63) is 53.1 Å². The van der Waals surface area contributed by atoms with E-state index in [0.717, 1.165) is 22.6 Å². The molecular weight excluding hydrogens is 234 g/mol. The quantitative estimate of drug-likeness (QED) is 0.799.